The number of aromatic nitrogens is 2. The lowest BCUT2D eigenvalue weighted by Crippen LogP contribution is -2.02. The highest BCUT2D eigenvalue weighted by Gasteiger charge is 2.15. The van der Waals surface area contributed by atoms with Gasteiger partial charge in [-0.05, 0) is 23.6 Å². The lowest BCUT2D eigenvalue weighted by atomic mass is 9.92. The Kier molecular flexibility index (Phi) is 4.48. The van der Waals surface area contributed by atoms with Gasteiger partial charge in [0.2, 0.25) is 0 Å². The Morgan fingerprint density at radius 3 is 1.85 bits per heavy atom. The fourth-order valence-corrected chi connectivity index (χ4v) is 3.18. The SMILES string of the molecule is Cc1ccc(/C(=C(/c2ccccc2)n2ccnc2)c2ccccc2)cc1. The van der Waals surface area contributed by atoms with Crippen LogP contribution in [-0.2, 0) is 0 Å². The molecule has 0 aliphatic rings. The molecule has 4 rings (SSSR count). The van der Waals surface area contributed by atoms with Gasteiger partial charge >= 0.3 is 0 Å². The monoisotopic (exact) mass is 336 g/mol. The maximum atomic E-state index is 4.28. The summed E-state index contributed by atoms with van der Waals surface area (Å²) in [5.41, 5.74) is 7.10. The first-order valence-corrected chi connectivity index (χ1v) is 8.73. The molecule has 4 aromatic rings. The van der Waals surface area contributed by atoms with Crippen molar-refractivity contribution >= 4 is 11.3 Å². The van der Waals surface area contributed by atoms with E-state index in [9.17, 15) is 0 Å². The van der Waals surface area contributed by atoms with Crippen LogP contribution in [0.2, 0.25) is 0 Å². The Morgan fingerprint density at radius 1 is 0.692 bits per heavy atom. The van der Waals surface area contributed by atoms with Crippen molar-refractivity contribution in [2.45, 2.75) is 6.92 Å². The Balaban J connectivity index is 2.07. The van der Waals surface area contributed by atoms with Crippen molar-refractivity contribution in [2.75, 3.05) is 0 Å². The minimum Gasteiger partial charge on any atom is -0.305 e. The van der Waals surface area contributed by atoms with E-state index in [4.69, 9.17) is 0 Å². The van der Waals surface area contributed by atoms with Gasteiger partial charge in [0.15, 0.2) is 0 Å². The standard InChI is InChI=1S/C24H20N2/c1-19-12-14-21(15-13-19)23(20-8-4-2-5-9-20)24(26-17-16-25-18-26)22-10-6-3-7-11-22/h2-18H,1H3/b24-23-. The summed E-state index contributed by atoms with van der Waals surface area (Å²) in [6.45, 7) is 2.11. The van der Waals surface area contributed by atoms with Crippen LogP contribution in [0.5, 0.6) is 0 Å². The average molecular weight is 336 g/mol. The normalized spacial score (nSPS) is 11.9. The van der Waals surface area contributed by atoms with E-state index in [0.717, 1.165) is 11.3 Å². The fourth-order valence-electron chi connectivity index (χ4n) is 3.18. The van der Waals surface area contributed by atoms with Gasteiger partial charge in [0.05, 0.1) is 12.0 Å². The third kappa shape index (κ3) is 3.22. The zero-order chi connectivity index (χ0) is 17.8. The smallest absolute Gasteiger partial charge is 0.0992 e. The fraction of sp³-hybridized carbons (Fsp3) is 0.0417. The summed E-state index contributed by atoms with van der Waals surface area (Å²) in [4.78, 5) is 4.28. The summed E-state index contributed by atoms with van der Waals surface area (Å²) in [6, 6.07) is 29.7. The molecule has 0 saturated heterocycles. The molecule has 0 fully saturated rings. The van der Waals surface area contributed by atoms with Gasteiger partial charge < -0.3 is 4.57 Å². The van der Waals surface area contributed by atoms with E-state index < -0.39 is 0 Å². The molecule has 0 atom stereocenters. The predicted molar refractivity (Wildman–Crippen MR) is 108 cm³/mol. The number of imidazole rings is 1. The molecule has 26 heavy (non-hydrogen) atoms. The van der Waals surface area contributed by atoms with E-state index in [1.165, 1.54) is 22.3 Å². The second-order valence-corrected chi connectivity index (χ2v) is 6.29. The van der Waals surface area contributed by atoms with E-state index in [2.05, 4.69) is 95.3 Å². The van der Waals surface area contributed by atoms with Gasteiger partial charge in [-0.25, -0.2) is 4.98 Å². The molecule has 2 nitrogen and oxygen atoms in total. The summed E-state index contributed by atoms with van der Waals surface area (Å²) in [6.07, 6.45) is 5.68. The highest BCUT2D eigenvalue weighted by molar-refractivity contribution is 5.98. The Labute approximate surface area is 154 Å². The van der Waals surface area contributed by atoms with E-state index in [-0.39, 0.29) is 0 Å². The van der Waals surface area contributed by atoms with Gasteiger partial charge in [-0.2, -0.15) is 0 Å². The summed E-state index contributed by atoms with van der Waals surface area (Å²) in [5, 5.41) is 0. The van der Waals surface area contributed by atoms with Crippen molar-refractivity contribution in [1.29, 1.82) is 0 Å². The van der Waals surface area contributed by atoms with Crippen LogP contribution in [0.4, 0.5) is 0 Å². The second kappa shape index (κ2) is 7.24. The molecule has 0 saturated carbocycles. The number of nitrogens with zero attached hydrogens (tertiary/aromatic N) is 2. The number of rotatable bonds is 4. The van der Waals surface area contributed by atoms with Crippen molar-refractivity contribution < 1.29 is 0 Å². The minimum absolute atomic E-state index is 1.12. The van der Waals surface area contributed by atoms with Crippen LogP contribution >= 0.6 is 0 Å². The van der Waals surface area contributed by atoms with Gasteiger partial charge in [-0.15, -0.1) is 0 Å². The summed E-state index contributed by atoms with van der Waals surface area (Å²) in [5.74, 6) is 0. The number of aryl methyl sites for hydroxylation is 1. The van der Waals surface area contributed by atoms with Crippen molar-refractivity contribution in [1.82, 2.24) is 9.55 Å². The Morgan fingerprint density at radius 2 is 1.27 bits per heavy atom. The molecular formula is C24H20N2. The molecule has 126 valence electrons. The molecule has 0 aliphatic carbocycles. The number of hydrogen-bond acceptors (Lipinski definition) is 1. The van der Waals surface area contributed by atoms with Gasteiger partial charge in [-0.3, -0.25) is 0 Å². The Bertz CT molecular complexity index is 997. The van der Waals surface area contributed by atoms with Gasteiger partial charge in [0.25, 0.3) is 0 Å². The van der Waals surface area contributed by atoms with Crippen LogP contribution < -0.4 is 0 Å². The van der Waals surface area contributed by atoms with Crippen molar-refractivity contribution in [3.63, 3.8) is 0 Å². The third-order valence-corrected chi connectivity index (χ3v) is 4.45. The molecule has 0 amide bonds. The van der Waals surface area contributed by atoms with Crippen LogP contribution in [0.1, 0.15) is 22.3 Å². The maximum Gasteiger partial charge on any atom is 0.0992 e. The van der Waals surface area contributed by atoms with Crippen LogP contribution in [0.15, 0.2) is 104 Å². The molecule has 0 bridgehead atoms. The first-order chi connectivity index (χ1) is 12.8. The molecular weight excluding hydrogens is 316 g/mol. The van der Waals surface area contributed by atoms with Crippen LogP contribution in [-0.4, -0.2) is 9.55 Å². The van der Waals surface area contributed by atoms with Crippen molar-refractivity contribution in [3.05, 3.63) is 126 Å². The van der Waals surface area contributed by atoms with Crippen molar-refractivity contribution in [2.24, 2.45) is 0 Å². The number of benzene rings is 3. The molecule has 1 heterocycles. The average Bonchev–Trinajstić information content (AvgIpc) is 3.22. The predicted octanol–water partition coefficient (Wildman–Crippen LogP) is 5.66. The molecule has 0 N–H and O–H groups in total. The van der Waals surface area contributed by atoms with Crippen LogP contribution in [0.3, 0.4) is 0 Å². The molecule has 0 aliphatic heterocycles. The van der Waals surface area contributed by atoms with E-state index in [0.29, 0.717) is 0 Å². The van der Waals surface area contributed by atoms with Crippen LogP contribution in [0.25, 0.3) is 11.3 Å². The summed E-state index contributed by atoms with van der Waals surface area (Å²) < 4.78 is 2.09. The Hall–Kier alpha value is -3.39. The largest absolute Gasteiger partial charge is 0.305 e. The first kappa shape index (κ1) is 16.1. The van der Waals surface area contributed by atoms with E-state index in [1.54, 1.807) is 0 Å². The number of hydrogen-bond donors (Lipinski definition) is 0. The zero-order valence-corrected chi connectivity index (χ0v) is 14.7. The summed E-state index contributed by atoms with van der Waals surface area (Å²) >= 11 is 0. The zero-order valence-electron chi connectivity index (χ0n) is 14.7. The van der Waals surface area contributed by atoms with E-state index >= 15 is 0 Å². The minimum atomic E-state index is 1.12. The second-order valence-electron chi connectivity index (χ2n) is 6.29. The van der Waals surface area contributed by atoms with E-state index in [1.807, 2.05) is 24.8 Å². The quantitative estimate of drug-likeness (QED) is 0.440. The van der Waals surface area contributed by atoms with Gasteiger partial charge in [0.1, 0.15) is 0 Å². The van der Waals surface area contributed by atoms with Crippen LogP contribution in [0, 0.1) is 6.92 Å². The first-order valence-electron chi connectivity index (χ1n) is 8.73. The molecule has 3 aromatic carbocycles. The molecule has 0 radical (unpaired) electrons. The summed E-state index contributed by atoms with van der Waals surface area (Å²) in [7, 11) is 0. The highest BCUT2D eigenvalue weighted by Crippen LogP contribution is 2.33. The molecule has 1 aromatic heterocycles. The lowest BCUT2D eigenvalue weighted by molar-refractivity contribution is 1.09. The van der Waals surface area contributed by atoms with Crippen molar-refractivity contribution in [3.8, 4) is 0 Å². The molecule has 2 heteroatoms. The van der Waals surface area contributed by atoms with Gasteiger partial charge in [-0.1, -0.05) is 90.5 Å². The van der Waals surface area contributed by atoms with Gasteiger partial charge in [0, 0.05) is 18.0 Å². The third-order valence-electron chi connectivity index (χ3n) is 4.45. The highest BCUT2D eigenvalue weighted by atomic mass is 15.0. The molecule has 0 unspecified atom stereocenters. The lowest BCUT2D eigenvalue weighted by Gasteiger charge is -2.18. The molecule has 0 spiro atoms. The maximum absolute atomic E-state index is 4.28. The topological polar surface area (TPSA) is 17.8 Å².